The second kappa shape index (κ2) is 7.00. The standard InChI is InChI=1S/C15H17ClN2O/c1-2-19-15-5-3-4-14(18-15)17-13-8-6-12(7-9-13)10-11-16/h3-9H,2,10-11H2,1H3,(H,17,18). The highest BCUT2D eigenvalue weighted by Crippen LogP contribution is 2.18. The van der Waals surface area contributed by atoms with Gasteiger partial charge in [0.05, 0.1) is 6.61 Å². The Balaban J connectivity index is 2.05. The normalized spacial score (nSPS) is 10.2. The maximum absolute atomic E-state index is 5.71. The Morgan fingerprint density at radius 2 is 1.95 bits per heavy atom. The van der Waals surface area contributed by atoms with Crippen LogP contribution in [-0.4, -0.2) is 17.5 Å². The molecule has 0 aliphatic rings. The van der Waals surface area contributed by atoms with Crippen molar-refractivity contribution in [1.29, 1.82) is 0 Å². The number of ether oxygens (including phenoxy) is 1. The number of alkyl halides is 1. The summed E-state index contributed by atoms with van der Waals surface area (Å²) in [6.45, 7) is 2.56. The van der Waals surface area contributed by atoms with Gasteiger partial charge in [-0.25, -0.2) is 0 Å². The fourth-order valence-corrected chi connectivity index (χ4v) is 1.94. The van der Waals surface area contributed by atoms with Gasteiger partial charge in [-0.1, -0.05) is 18.2 Å². The lowest BCUT2D eigenvalue weighted by atomic mass is 10.1. The summed E-state index contributed by atoms with van der Waals surface area (Å²) >= 11 is 5.71. The number of nitrogens with one attached hydrogen (secondary N) is 1. The summed E-state index contributed by atoms with van der Waals surface area (Å²) in [5.41, 5.74) is 2.23. The molecule has 4 heteroatoms. The second-order valence-electron chi connectivity index (χ2n) is 4.05. The van der Waals surface area contributed by atoms with Gasteiger partial charge in [-0.15, -0.1) is 11.6 Å². The number of hydrogen-bond acceptors (Lipinski definition) is 3. The number of halogens is 1. The molecular formula is C15H17ClN2O. The summed E-state index contributed by atoms with van der Waals surface area (Å²) in [4.78, 5) is 4.36. The van der Waals surface area contributed by atoms with Gasteiger partial charge >= 0.3 is 0 Å². The molecule has 0 saturated heterocycles. The van der Waals surface area contributed by atoms with Crippen LogP contribution < -0.4 is 10.1 Å². The number of aromatic nitrogens is 1. The second-order valence-corrected chi connectivity index (χ2v) is 4.43. The largest absolute Gasteiger partial charge is 0.478 e. The van der Waals surface area contributed by atoms with E-state index in [9.17, 15) is 0 Å². The number of rotatable bonds is 6. The monoisotopic (exact) mass is 276 g/mol. The summed E-state index contributed by atoms with van der Waals surface area (Å²) in [6.07, 6.45) is 0.889. The van der Waals surface area contributed by atoms with Gasteiger partial charge in [0, 0.05) is 17.6 Å². The summed E-state index contributed by atoms with van der Waals surface area (Å²) in [5, 5.41) is 3.25. The smallest absolute Gasteiger partial charge is 0.215 e. The van der Waals surface area contributed by atoms with Crippen molar-refractivity contribution in [1.82, 2.24) is 4.98 Å². The van der Waals surface area contributed by atoms with Crippen molar-refractivity contribution in [2.45, 2.75) is 13.3 Å². The van der Waals surface area contributed by atoms with Crippen LogP contribution in [0, 0.1) is 0 Å². The molecule has 3 nitrogen and oxygen atoms in total. The molecule has 0 atom stereocenters. The molecule has 2 rings (SSSR count). The van der Waals surface area contributed by atoms with Crippen molar-refractivity contribution in [2.75, 3.05) is 17.8 Å². The van der Waals surface area contributed by atoms with E-state index in [1.54, 1.807) is 0 Å². The predicted octanol–water partition coefficient (Wildman–Crippen LogP) is 4.01. The molecule has 0 spiro atoms. The van der Waals surface area contributed by atoms with E-state index in [1.807, 2.05) is 37.3 Å². The minimum absolute atomic E-state index is 0.615. The zero-order valence-corrected chi connectivity index (χ0v) is 11.7. The first kappa shape index (κ1) is 13.7. The molecule has 0 saturated carbocycles. The maximum Gasteiger partial charge on any atom is 0.215 e. The fraction of sp³-hybridized carbons (Fsp3) is 0.267. The van der Waals surface area contributed by atoms with E-state index in [2.05, 4.69) is 22.4 Å². The van der Waals surface area contributed by atoms with Crippen molar-refractivity contribution >= 4 is 23.1 Å². The third-order valence-electron chi connectivity index (χ3n) is 2.63. The van der Waals surface area contributed by atoms with E-state index in [1.165, 1.54) is 5.56 Å². The van der Waals surface area contributed by atoms with E-state index < -0.39 is 0 Å². The molecule has 100 valence electrons. The highest BCUT2D eigenvalue weighted by atomic mass is 35.5. The lowest BCUT2D eigenvalue weighted by Gasteiger charge is -2.08. The van der Waals surface area contributed by atoms with Gasteiger partial charge in [0.25, 0.3) is 0 Å². The van der Waals surface area contributed by atoms with Crippen LogP contribution in [0.25, 0.3) is 0 Å². The Hall–Kier alpha value is -1.74. The third kappa shape index (κ3) is 4.14. The van der Waals surface area contributed by atoms with E-state index in [0.717, 1.165) is 17.9 Å². The first-order valence-corrected chi connectivity index (χ1v) is 6.87. The van der Waals surface area contributed by atoms with Crippen LogP contribution in [0.15, 0.2) is 42.5 Å². The van der Waals surface area contributed by atoms with Gasteiger partial charge in [-0.3, -0.25) is 0 Å². The molecule has 1 aromatic carbocycles. The number of nitrogens with zero attached hydrogens (tertiary/aromatic N) is 1. The number of benzene rings is 1. The van der Waals surface area contributed by atoms with Crippen LogP contribution in [0.3, 0.4) is 0 Å². The first-order chi connectivity index (χ1) is 9.31. The predicted molar refractivity (Wildman–Crippen MR) is 79.6 cm³/mol. The minimum atomic E-state index is 0.615. The van der Waals surface area contributed by atoms with Crippen molar-refractivity contribution in [3.8, 4) is 5.88 Å². The molecule has 0 aliphatic heterocycles. The highest BCUT2D eigenvalue weighted by Gasteiger charge is 1.99. The summed E-state index contributed by atoms with van der Waals surface area (Å²) in [6, 6.07) is 13.9. The molecule has 1 aromatic heterocycles. The van der Waals surface area contributed by atoms with Crippen LogP contribution in [0.5, 0.6) is 5.88 Å². The van der Waals surface area contributed by atoms with Gasteiger partial charge in [0.1, 0.15) is 5.82 Å². The van der Waals surface area contributed by atoms with Crippen molar-refractivity contribution in [3.05, 3.63) is 48.0 Å². The summed E-state index contributed by atoms with van der Waals surface area (Å²) in [7, 11) is 0. The van der Waals surface area contributed by atoms with Crippen LogP contribution in [0.4, 0.5) is 11.5 Å². The molecule has 0 aliphatic carbocycles. The number of aryl methyl sites for hydroxylation is 1. The average molecular weight is 277 g/mol. The van der Waals surface area contributed by atoms with Crippen LogP contribution in [-0.2, 0) is 6.42 Å². The van der Waals surface area contributed by atoms with E-state index in [4.69, 9.17) is 16.3 Å². The molecule has 0 radical (unpaired) electrons. The Bertz CT molecular complexity index is 514. The van der Waals surface area contributed by atoms with Crippen LogP contribution in [0.2, 0.25) is 0 Å². The Labute approximate surface area is 118 Å². The molecule has 0 bridgehead atoms. The lowest BCUT2D eigenvalue weighted by molar-refractivity contribution is 0.327. The maximum atomic E-state index is 5.71. The van der Waals surface area contributed by atoms with E-state index in [0.29, 0.717) is 18.4 Å². The molecule has 2 aromatic rings. The van der Waals surface area contributed by atoms with Crippen molar-refractivity contribution in [3.63, 3.8) is 0 Å². The van der Waals surface area contributed by atoms with E-state index >= 15 is 0 Å². The SMILES string of the molecule is CCOc1cccc(Nc2ccc(CCCl)cc2)n1. The number of hydrogen-bond donors (Lipinski definition) is 1. The molecule has 1 heterocycles. The van der Waals surface area contributed by atoms with Gasteiger partial charge < -0.3 is 10.1 Å². The molecule has 1 N–H and O–H groups in total. The average Bonchev–Trinajstić information content (AvgIpc) is 2.42. The summed E-state index contributed by atoms with van der Waals surface area (Å²) in [5.74, 6) is 2.05. The van der Waals surface area contributed by atoms with Gasteiger partial charge in [-0.05, 0) is 37.1 Å². The topological polar surface area (TPSA) is 34.1 Å². The van der Waals surface area contributed by atoms with Gasteiger partial charge in [0.15, 0.2) is 0 Å². The molecule has 0 amide bonds. The zero-order valence-electron chi connectivity index (χ0n) is 10.9. The molecule has 0 unspecified atom stereocenters. The molecule has 19 heavy (non-hydrogen) atoms. The van der Waals surface area contributed by atoms with Crippen molar-refractivity contribution < 1.29 is 4.74 Å². The lowest BCUT2D eigenvalue weighted by Crippen LogP contribution is -1.98. The summed E-state index contributed by atoms with van der Waals surface area (Å²) < 4.78 is 5.37. The highest BCUT2D eigenvalue weighted by molar-refractivity contribution is 6.17. The van der Waals surface area contributed by atoms with Gasteiger partial charge in [-0.2, -0.15) is 4.98 Å². The number of anilines is 2. The minimum Gasteiger partial charge on any atom is -0.478 e. The Morgan fingerprint density at radius 1 is 1.16 bits per heavy atom. The Morgan fingerprint density at radius 3 is 2.63 bits per heavy atom. The Kier molecular flexibility index (Phi) is 5.04. The molecular weight excluding hydrogens is 260 g/mol. The van der Waals surface area contributed by atoms with Crippen LogP contribution >= 0.6 is 11.6 Å². The quantitative estimate of drug-likeness (QED) is 0.810. The molecule has 0 fully saturated rings. The van der Waals surface area contributed by atoms with Crippen LogP contribution in [0.1, 0.15) is 12.5 Å². The third-order valence-corrected chi connectivity index (χ3v) is 2.81. The van der Waals surface area contributed by atoms with Gasteiger partial charge in [0.2, 0.25) is 5.88 Å². The fourth-order valence-electron chi connectivity index (χ4n) is 1.72. The van der Waals surface area contributed by atoms with E-state index in [-0.39, 0.29) is 0 Å². The van der Waals surface area contributed by atoms with Crippen molar-refractivity contribution in [2.24, 2.45) is 0 Å². The zero-order chi connectivity index (χ0) is 13.5. The first-order valence-electron chi connectivity index (χ1n) is 6.33. The number of pyridine rings is 1.